The fraction of sp³-hybridized carbons (Fsp3) is 0.160. The van der Waals surface area contributed by atoms with E-state index in [9.17, 15) is 19.8 Å². The molecule has 0 fully saturated rings. The Hall–Kier alpha value is -7.60. The van der Waals surface area contributed by atoms with Crippen molar-refractivity contribution in [3.63, 3.8) is 0 Å². The summed E-state index contributed by atoms with van der Waals surface area (Å²) in [5.74, 6) is -0.727. The smallest absolute Gasteiger partial charge is 0.336 e. The van der Waals surface area contributed by atoms with Crippen molar-refractivity contribution in [2.45, 2.75) is 0 Å². The summed E-state index contributed by atoms with van der Waals surface area (Å²) in [5.41, 5.74) is 8.94. The normalized spacial score (nSPS) is 10.8. The molecule has 0 bridgehead atoms. The maximum absolute atomic E-state index is 12.2. The van der Waals surface area contributed by atoms with Gasteiger partial charge in [0.25, 0.3) is 0 Å². The Kier molecular flexibility index (Phi) is 12.8. The van der Waals surface area contributed by atoms with Gasteiger partial charge in [0, 0.05) is 96.9 Å². The predicted molar refractivity (Wildman–Crippen MR) is 263 cm³/mol. The van der Waals surface area contributed by atoms with Crippen LogP contribution in [-0.2, 0) is 0 Å². The third kappa shape index (κ3) is 8.85. The lowest BCUT2D eigenvalue weighted by Gasteiger charge is -2.19. The van der Waals surface area contributed by atoms with E-state index in [4.69, 9.17) is 21.1 Å². The summed E-state index contributed by atoms with van der Waals surface area (Å²) in [6, 6.07) is 33.6. The summed E-state index contributed by atoms with van der Waals surface area (Å²) in [6.07, 6.45) is 0. The molecule has 4 aromatic rings. The first kappa shape index (κ1) is 44.5. The molecule has 0 saturated heterocycles. The first-order valence-electron chi connectivity index (χ1n) is 19.9. The third-order valence-electron chi connectivity index (χ3n) is 10.8. The van der Waals surface area contributed by atoms with Crippen LogP contribution in [0.4, 0.5) is 22.7 Å². The van der Waals surface area contributed by atoms with Gasteiger partial charge in [-0.2, -0.15) is 9.98 Å². The molecule has 14 heteroatoms. The molecule has 2 aliphatic heterocycles. The van der Waals surface area contributed by atoms with Gasteiger partial charge in [0.05, 0.1) is 45.0 Å². The summed E-state index contributed by atoms with van der Waals surface area (Å²) in [7, 11) is 15.7. The van der Waals surface area contributed by atoms with Crippen LogP contribution in [0.25, 0.3) is 66.8 Å². The number of isothiocyanates is 2. The van der Waals surface area contributed by atoms with Crippen LogP contribution in [0.3, 0.4) is 0 Å². The van der Waals surface area contributed by atoms with Crippen molar-refractivity contribution in [1.29, 1.82) is 0 Å². The molecule has 12 nitrogen and oxygen atoms in total. The molecular formula is C50H44N6O6S2+2. The molecule has 0 amide bonds. The van der Waals surface area contributed by atoms with E-state index in [0.29, 0.717) is 45.2 Å². The Balaban J connectivity index is 0.000000191. The van der Waals surface area contributed by atoms with Crippen molar-refractivity contribution in [2.24, 2.45) is 9.98 Å². The fourth-order valence-electron chi connectivity index (χ4n) is 7.53. The van der Waals surface area contributed by atoms with Gasteiger partial charge in [-0.15, -0.1) is 0 Å². The quantitative estimate of drug-likeness (QED) is 0.0657. The van der Waals surface area contributed by atoms with Crippen molar-refractivity contribution in [3.8, 4) is 44.9 Å². The molecule has 2 aliphatic carbocycles. The number of carboxylic acids is 2. The lowest BCUT2D eigenvalue weighted by molar-refractivity contribution is 0.0687. The molecule has 64 heavy (non-hydrogen) atoms. The molecule has 2 N–H and O–H groups in total. The van der Waals surface area contributed by atoms with Crippen LogP contribution in [-0.4, -0.2) is 88.9 Å². The van der Waals surface area contributed by atoms with E-state index in [1.807, 2.05) is 148 Å². The Morgan fingerprint density at radius 3 is 1.41 bits per heavy atom. The lowest BCUT2D eigenvalue weighted by Crippen LogP contribution is -2.21. The number of carbonyl (C=O) groups is 2. The largest absolute Gasteiger partial charge is 0.478 e. The SMILES string of the molecule is CN(C)c1ccc2c(-c3cc(N=C=S)ccc3C(=O)O)c3ccc(=[N+](C)C)cc-3oc2c1.CN(C)c1ccc2c(-c3ccc(N=C=S)cc3C(=O)O)c3ccc(=[N+](C)C)cc-3oc2c1. The third-order valence-corrected chi connectivity index (χ3v) is 11.0. The highest BCUT2D eigenvalue weighted by Crippen LogP contribution is 2.44. The topological polar surface area (TPSA) is 138 Å². The minimum absolute atomic E-state index is 0.138. The Labute approximate surface area is 379 Å². The van der Waals surface area contributed by atoms with Gasteiger partial charge in [0.2, 0.25) is 10.7 Å². The van der Waals surface area contributed by atoms with Crippen LogP contribution in [0.15, 0.2) is 128 Å². The summed E-state index contributed by atoms with van der Waals surface area (Å²) >= 11 is 9.43. The van der Waals surface area contributed by atoms with E-state index >= 15 is 0 Å². The number of carboxylic acid groups (broad SMARTS) is 2. The molecule has 4 aromatic carbocycles. The number of fused-ring (bicyclic) bond motifs is 4. The van der Waals surface area contributed by atoms with E-state index < -0.39 is 11.9 Å². The van der Waals surface area contributed by atoms with Gasteiger partial charge in [-0.05, 0) is 102 Å². The van der Waals surface area contributed by atoms with Crippen molar-refractivity contribution in [1.82, 2.24) is 9.15 Å². The molecule has 0 radical (unpaired) electrons. The van der Waals surface area contributed by atoms with Gasteiger partial charge >= 0.3 is 11.9 Å². The monoisotopic (exact) mass is 888 g/mol. The van der Waals surface area contributed by atoms with E-state index in [2.05, 4.69) is 32.5 Å². The number of thiocarbonyl (C=S) groups is 2. The molecule has 0 saturated carbocycles. The van der Waals surface area contributed by atoms with Gasteiger partial charge in [-0.3, -0.25) is 0 Å². The standard InChI is InChI=1S/2C25H21N3O3S/c1-27(2)16-6-9-19-22(12-16)31-23-13-17(28(3)4)7-10-20(23)24(19)21-11-15(26-14-32)5-8-18(21)25(29)30;1-27(2)16-6-9-19-22(12-16)31-23-13-17(28(3)4)7-10-20(23)24(19)18-8-5-15(26-14-32)11-21(18)25(29)30/h2*5-13H,1-4H3/p+2. The zero-order chi connectivity index (χ0) is 46.0. The predicted octanol–water partition coefficient (Wildman–Crippen LogP) is 9.47. The molecule has 320 valence electrons. The number of benzene rings is 6. The lowest BCUT2D eigenvalue weighted by atomic mass is 9.90. The van der Waals surface area contributed by atoms with E-state index in [-0.39, 0.29) is 11.1 Å². The van der Waals surface area contributed by atoms with Crippen molar-refractivity contribution < 1.29 is 28.6 Å². The highest BCUT2D eigenvalue weighted by atomic mass is 32.1. The highest BCUT2D eigenvalue weighted by molar-refractivity contribution is 7.78. The first-order valence-corrected chi connectivity index (χ1v) is 20.7. The average molecular weight is 889 g/mol. The first-order chi connectivity index (χ1) is 30.6. The van der Waals surface area contributed by atoms with Crippen molar-refractivity contribution >= 4 is 91.4 Å². The second kappa shape index (κ2) is 18.4. The molecule has 0 spiro atoms. The molecule has 4 aliphatic rings. The van der Waals surface area contributed by atoms with Gasteiger partial charge < -0.3 is 28.8 Å². The van der Waals surface area contributed by atoms with Crippen LogP contribution in [0.1, 0.15) is 20.7 Å². The number of hydrogen-bond acceptors (Lipinski definition) is 10. The van der Waals surface area contributed by atoms with Crippen LogP contribution in [0.2, 0.25) is 0 Å². The number of aromatic carboxylic acids is 2. The Bertz CT molecular complexity index is 3370. The maximum Gasteiger partial charge on any atom is 0.336 e. The fourth-order valence-corrected chi connectivity index (χ4v) is 7.74. The van der Waals surface area contributed by atoms with Gasteiger partial charge in [0.15, 0.2) is 0 Å². The second-order valence-corrected chi connectivity index (χ2v) is 16.1. The second-order valence-electron chi connectivity index (χ2n) is 15.7. The number of aliphatic imine (C=N–C) groups is 2. The van der Waals surface area contributed by atoms with Crippen LogP contribution in [0.5, 0.6) is 0 Å². The maximum atomic E-state index is 12.2. The Morgan fingerprint density at radius 2 is 0.969 bits per heavy atom. The summed E-state index contributed by atoms with van der Waals surface area (Å²) in [4.78, 5) is 36.3. The minimum atomic E-state index is -1.04. The number of anilines is 2. The van der Waals surface area contributed by atoms with Gasteiger partial charge in [-0.1, -0.05) is 6.07 Å². The van der Waals surface area contributed by atoms with Crippen LogP contribution in [0, 0.1) is 0 Å². The molecule has 0 unspecified atom stereocenters. The molecule has 0 atom stereocenters. The zero-order valence-electron chi connectivity index (χ0n) is 36.4. The molecule has 2 heterocycles. The van der Waals surface area contributed by atoms with Gasteiger partial charge in [-0.25, -0.2) is 18.7 Å². The number of rotatable bonds is 8. The van der Waals surface area contributed by atoms with E-state index in [1.165, 1.54) is 6.07 Å². The summed E-state index contributed by atoms with van der Waals surface area (Å²) in [5, 5.41) is 28.1. The number of nitrogens with zero attached hydrogens (tertiary/aromatic N) is 6. The van der Waals surface area contributed by atoms with E-state index in [0.717, 1.165) is 55.1 Å². The average Bonchev–Trinajstić information content (AvgIpc) is 3.26. The van der Waals surface area contributed by atoms with Gasteiger partial charge in [0.1, 0.15) is 50.9 Å². The van der Waals surface area contributed by atoms with Crippen LogP contribution < -0.4 is 29.7 Å². The number of hydrogen-bond donors (Lipinski definition) is 2. The van der Waals surface area contributed by atoms with Crippen molar-refractivity contribution in [3.05, 3.63) is 131 Å². The van der Waals surface area contributed by atoms with E-state index in [1.54, 1.807) is 30.3 Å². The molecule has 8 rings (SSSR count). The summed E-state index contributed by atoms with van der Waals surface area (Å²) < 4.78 is 16.6. The summed E-state index contributed by atoms with van der Waals surface area (Å²) in [6.45, 7) is 0. The van der Waals surface area contributed by atoms with Crippen LogP contribution >= 0.6 is 24.4 Å². The van der Waals surface area contributed by atoms with Crippen molar-refractivity contribution in [2.75, 3.05) is 66.2 Å². The molecule has 0 aromatic heterocycles. The molecular weight excluding hydrogens is 845 g/mol. The highest BCUT2D eigenvalue weighted by Gasteiger charge is 2.25. The Morgan fingerprint density at radius 1 is 0.531 bits per heavy atom. The minimum Gasteiger partial charge on any atom is -0.478 e. The zero-order valence-corrected chi connectivity index (χ0v) is 38.1.